The van der Waals surface area contributed by atoms with Crippen molar-refractivity contribution in [1.29, 1.82) is 0 Å². The molecule has 1 aliphatic rings. The van der Waals surface area contributed by atoms with E-state index in [1.54, 1.807) is 12.1 Å². The topological polar surface area (TPSA) is 49.3 Å². The third-order valence-electron chi connectivity index (χ3n) is 4.14. The van der Waals surface area contributed by atoms with E-state index in [4.69, 9.17) is 11.6 Å². The Bertz CT molecular complexity index is 460. The van der Waals surface area contributed by atoms with Crippen molar-refractivity contribution in [1.82, 2.24) is 5.32 Å². The molecule has 0 radical (unpaired) electrons. The van der Waals surface area contributed by atoms with Crippen molar-refractivity contribution in [3.05, 3.63) is 35.4 Å². The lowest BCUT2D eigenvalue weighted by Crippen LogP contribution is -2.53. The average molecular weight is 296 g/mol. The van der Waals surface area contributed by atoms with E-state index in [0.717, 1.165) is 24.8 Å². The minimum absolute atomic E-state index is 0.00282. The molecule has 2 N–H and O–H groups in total. The number of amides is 1. The number of alkyl halides is 1. The molecule has 0 saturated heterocycles. The zero-order chi connectivity index (χ0) is 14.6. The molecular formula is C16H22ClNO2. The molecule has 110 valence electrons. The van der Waals surface area contributed by atoms with Gasteiger partial charge in [-0.3, -0.25) is 4.79 Å². The van der Waals surface area contributed by atoms with Gasteiger partial charge in [0.25, 0.3) is 5.91 Å². The molecule has 0 aromatic heterocycles. The van der Waals surface area contributed by atoms with E-state index in [9.17, 15) is 9.90 Å². The second-order valence-electron chi connectivity index (χ2n) is 5.92. The normalized spacial score (nSPS) is 26.2. The van der Waals surface area contributed by atoms with Crippen LogP contribution in [0.5, 0.6) is 0 Å². The Morgan fingerprint density at radius 2 is 2.15 bits per heavy atom. The number of aliphatic hydroxyl groups excluding tert-OH is 1. The highest BCUT2D eigenvalue weighted by Gasteiger charge is 2.35. The van der Waals surface area contributed by atoms with Gasteiger partial charge in [0.2, 0.25) is 0 Å². The van der Waals surface area contributed by atoms with Gasteiger partial charge in [0.05, 0.1) is 12.1 Å². The highest BCUT2D eigenvalue weighted by Crippen LogP contribution is 2.32. The molecule has 4 heteroatoms. The molecule has 20 heavy (non-hydrogen) atoms. The second-order valence-corrected chi connectivity index (χ2v) is 6.19. The molecule has 0 bridgehead atoms. The summed E-state index contributed by atoms with van der Waals surface area (Å²) in [5, 5.41) is 12.7. The Hall–Kier alpha value is -1.06. The summed E-state index contributed by atoms with van der Waals surface area (Å²) in [6, 6.07) is 7.28. The molecule has 0 aliphatic heterocycles. The van der Waals surface area contributed by atoms with Gasteiger partial charge in [0.1, 0.15) is 0 Å². The molecule has 0 heterocycles. The van der Waals surface area contributed by atoms with Crippen LogP contribution in [-0.2, 0) is 5.88 Å². The third kappa shape index (κ3) is 3.53. The number of hydrogen-bond acceptors (Lipinski definition) is 2. The third-order valence-corrected chi connectivity index (χ3v) is 4.45. The summed E-state index contributed by atoms with van der Waals surface area (Å²) in [6.45, 7) is 2.17. The summed E-state index contributed by atoms with van der Waals surface area (Å²) in [5.74, 6) is 0.865. The first-order valence-electron chi connectivity index (χ1n) is 7.17. The highest BCUT2D eigenvalue weighted by atomic mass is 35.5. The average Bonchev–Trinajstić information content (AvgIpc) is 2.47. The van der Waals surface area contributed by atoms with Gasteiger partial charge in [-0.1, -0.05) is 31.9 Å². The lowest BCUT2D eigenvalue weighted by Gasteiger charge is -2.39. The number of nitrogens with one attached hydrogen (secondary N) is 1. The molecular weight excluding hydrogens is 274 g/mol. The molecule has 2 atom stereocenters. The van der Waals surface area contributed by atoms with E-state index in [-0.39, 0.29) is 12.5 Å². The monoisotopic (exact) mass is 295 g/mol. The summed E-state index contributed by atoms with van der Waals surface area (Å²) in [4.78, 5) is 12.3. The zero-order valence-corrected chi connectivity index (χ0v) is 12.6. The van der Waals surface area contributed by atoms with Gasteiger partial charge in [-0.2, -0.15) is 0 Å². The van der Waals surface area contributed by atoms with Gasteiger partial charge in [-0.25, -0.2) is 0 Å². The first-order chi connectivity index (χ1) is 9.58. The lowest BCUT2D eigenvalue weighted by molar-refractivity contribution is 0.0697. The Morgan fingerprint density at radius 3 is 2.70 bits per heavy atom. The van der Waals surface area contributed by atoms with Gasteiger partial charge in [0.15, 0.2) is 0 Å². The van der Waals surface area contributed by atoms with E-state index in [2.05, 4.69) is 12.2 Å². The van der Waals surface area contributed by atoms with Crippen LogP contribution in [0.15, 0.2) is 24.3 Å². The Balaban J connectivity index is 2.08. The molecule has 1 aromatic carbocycles. The van der Waals surface area contributed by atoms with Crippen LogP contribution in [0.1, 0.15) is 48.5 Å². The fraction of sp³-hybridized carbons (Fsp3) is 0.562. The van der Waals surface area contributed by atoms with Crippen LogP contribution in [0.3, 0.4) is 0 Å². The standard InChI is InChI=1S/C16H22ClNO2/c1-12-3-2-8-16(9-12,11-19)18-15(20)14-6-4-13(10-17)5-7-14/h4-7,12,19H,2-3,8-11H2,1H3,(H,18,20). The highest BCUT2D eigenvalue weighted by molar-refractivity contribution is 6.17. The van der Waals surface area contributed by atoms with E-state index >= 15 is 0 Å². The maximum atomic E-state index is 12.3. The van der Waals surface area contributed by atoms with Gasteiger partial charge in [0, 0.05) is 11.4 Å². The van der Waals surface area contributed by atoms with Gasteiger partial charge in [-0.05, 0) is 36.5 Å². The van der Waals surface area contributed by atoms with Gasteiger partial charge >= 0.3 is 0 Å². The van der Waals surface area contributed by atoms with Gasteiger partial charge < -0.3 is 10.4 Å². The Morgan fingerprint density at radius 1 is 1.45 bits per heavy atom. The number of rotatable bonds is 4. The van der Waals surface area contributed by atoms with Crippen molar-refractivity contribution < 1.29 is 9.90 Å². The summed E-state index contributed by atoms with van der Waals surface area (Å²) in [7, 11) is 0. The van der Waals surface area contributed by atoms with E-state index < -0.39 is 5.54 Å². The molecule has 2 unspecified atom stereocenters. The van der Waals surface area contributed by atoms with Crippen LogP contribution < -0.4 is 5.32 Å². The predicted octanol–water partition coefficient (Wildman–Crippen LogP) is 3.10. The van der Waals surface area contributed by atoms with Crippen LogP contribution in [0.4, 0.5) is 0 Å². The SMILES string of the molecule is CC1CCCC(CO)(NC(=O)c2ccc(CCl)cc2)C1. The van der Waals surface area contributed by atoms with Crippen LogP contribution in [0.25, 0.3) is 0 Å². The summed E-state index contributed by atoms with van der Waals surface area (Å²) in [5.41, 5.74) is 1.15. The number of carbonyl (C=O) groups is 1. The molecule has 1 aliphatic carbocycles. The molecule has 3 nitrogen and oxygen atoms in total. The number of halogens is 1. The van der Waals surface area contributed by atoms with Crippen LogP contribution in [-0.4, -0.2) is 23.2 Å². The predicted molar refractivity (Wildman–Crippen MR) is 80.9 cm³/mol. The minimum atomic E-state index is -0.458. The van der Waals surface area contributed by atoms with E-state index in [1.165, 1.54) is 6.42 Å². The summed E-state index contributed by atoms with van der Waals surface area (Å²) in [6.07, 6.45) is 3.91. The Kier molecular flexibility index (Phi) is 5.06. The first-order valence-corrected chi connectivity index (χ1v) is 7.70. The fourth-order valence-corrected chi connectivity index (χ4v) is 3.19. The number of aliphatic hydroxyl groups is 1. The number of benzene rings is 1. The molecule has 1 amide bonds. The first kappa shape index (κ1) is 15.3. The van der Waals surface area contributed by atoms with Crippen LogP contribution in [0, 0.1) is 5.92 Å². The lowest BCUT2D eigenvalue weighted by atomic mass is 9.76. The minimum Gasteiger partial charge on any atom is -0.394 e. The van der Waals surface area contributed by atoms with Crippen molar-refractivity contribution in [2.45, 2.75) is 44.0 Å². The number of carbonyl (C=O) groups excluding carboxylic acids is 1. The Labute approximate surface area is 125 Å². The maximum absolute atomic E-state index is 12.3. The maximum Gasteiger partial charge on any atom is 0.251 e. The summed E-state index contributed by atoms with van der Waals surface area (Å²) >= 11 is 5.74. The molecule has 0 spiro atoms. The molecule has 1 aromatic rings. The second kappa shape index (κ2) is 6.59. The van der Waals surface area contributed by atoms with Gasteiger partial charge in [-0.15, -0.1) is 11.6 Å². The van der Waals surface area contributed by atoms with Crippen molar-refractivity contribution in [2.75, 3.05) is 6.61 Å². The summed E-state index contributed by atoms with van der Waals surface area (Å²) < 4.78 is 0. The van der Waals surface area contributed by atoms with Crippen molar-refractivity contribution in [3.8, 4) is 0 Å². The fourth-order valence-electron chi connectivity index (χ4n) is 3.01. The van der Waals surface area contributed by atoms with E-state index in [0.29, 0.717) is 17.4 Å². The molecule has 1 saturated carbocycles. The molecule has 2 rings (SSSR count). The molecule has 1 fully saturated rings. The quantitative estimate of drug-likeness (QED) is 0.839. The van der Waals surface area contributed by atoms with Crippen molar-refractivity contribution in [3.63, 3.8) is 0 Å². The van der Waals surface area contributed by atoms with Crippen LogP contribution in [0.2, 0.25) is 0 Å². The van der Waals surface area contributed by atoms with Crippen molar-refractivity contribution >= 4 is 17.5 Å². The van der Waals surface area contributed by atoms with E-state index in [1.807, 2.05) is 12.1 Å². The van der Waals surface area contributed by atoms with Crippen molar-refractivity contribution in [2.24, 2.45) is 5.92 Å². The van der Waals surface area contributed by atoms with Crippen LogP contribution >= 0.6 is 11.6 Å². The largest absolute Gasteiger partial charge is 0.394 e. The smallest absolute Gasteiger partial charge is 0.251 e. The zero-order valence-electron chi connectivity index (χ0n) is 11.9. The number of hydrogen-bond donors (Lipinski definition) is 2.